The Bertz CT molecular complexity index is 344. The Morgan fingerprint density at radius 1 is 1.44 bits per heavy atom. The molecule has 0 bridgehead atoms. The van der Waals surface area contributed by atoms with Gasteiger partial charge in [-0.05, 0) is 25.7 Å². The van der Waals surface area contributed by atoms with Crippen molar-refractivity contribution >= 4 is 5.95 Å². The number of aromatic nitrogens is 3. The maximum absolute atomic E-state index is 5.55. The van der Waals surface area contributed by atoms with E-state index < -0.39 is 0 Å². The third-order valence-corrected chi connectivity index (χ3v) is 3.25. The van der Waals surface area contributed by atoms with Gasteiger partial charge in [-0.25, -0.2) is 0 Å². The van der Waals surface area contributed by atoms with Crippen LogP contribution in [0.4, 0.5) is 5.95 Å². The first kappa shape index (κ1) is 11.4. The van der Waals surface area contributed by atoms with Gasteiger partial charge in [-0.3, -0.25) is 0 Å². The van der Waals surface area contributed by atoms with Crippen molar-refractivity contribution in [2.75, 3.05) is 19.0 Å². The lowest BCUT2D eigenvalue weighted by molar-refractivity contribution is -0.0247. The fourth-order valence-electron chi connectivity index (χ4n) is 2.23. The van der Waals surface area contributed by atoms with Crippen LogP contribution in [0, 0.1) is 5.92 Å². The number of hydrogen-bond donors (Lipinski definition) is 1. The Hall–Kier alpha value is -1.10. The SMILES string of the molecule is CCOC1CC(Cc2nnc(NC)n2C)C1. The van der Waals surface area contributed by atoms with Gasteiger partial charge in [0.15, 0.2) is 0 Å². The zero-order valence-corrected chi connectivity index (χ0v) is 10.2. The number of hydrogen-bond acceptors (Lipinski definition) is 4. The quantitative estimate of drug-likeness (QED) is 0.817. The van der Waals surface area contributed by atoms with Crippen LogP contribution >= 0.6 is 0 Å². The van der Waals surface area contributed by atoms with E-state index in [1.54, 1.807) is 0 Å². The number of nitrogens with zero attached hydrogens (tertiary/aromatic N) is 3. The molecular weight excluding hydrogens is 204 g/mol. The summed E-state index contributed by atoms with van der Waals surface area (Å²) in [5, 5.41) is 11.3. The van der Waals surface area contributed by atoms with Crippen LogP contribution in [-0.2, 0) is 18.2 Å². The molecule has 0 atom stereocenters. The van der Waals surface area contributed by atoms with E-state index >= 15 is 0 Å². The maximum atomic E-state index is 5.55. The summed E-state index contributed by atoms with van der Waals surface area (Å²) in [6.07, 6.45) is 3.81. The summed E-state index contributed by atoms with van der Waals surface area (Å²) in [6.45, 7) is 2.88. The van der Waals surface area contributed by atoms with Crippen LogP contribution in [0.5, 0.6) is 0 Å². The molecule has 5 heteroatoms. The van der Waals surface area contributed by atoms with Gasteiger partial charge in [0.2, 0.25) is 5.95 Å². The minimum Gasteiger partial charge on any atom is -0.378 e. The van der Waals surface area contributed by atoms with E-state index in [0.29, 0.717) is 12.0 Å². The molecule has 1 heterocycles. The monoisotopic (exact) mass is 224 g/mol. The molecule has 1 aliphatic carbocycles. The summed E-state index contributed by atoms with van der Waals surface area (Å²) in [6, 6.07) is 0. The van der Waals surface area contributed by atoms with E-state index in [9.17, 15) is 0 Å². The van der Waals surface area contributed by atoms with E-state index in [-0.39, 0.29) is 0 Å². The molecule has 0 aliphatic heterocycles. The first-order chi connectivity index (χ1) is 7.74. The van der Waals surface area contributed by atoms with Crippen molar-refractivity contribution in [2.45, 2.75) is 32.3 Å². The molecule has 0 spiro atoms. The average Bonchev–Trinajstić information content (AvgIpc) is 2.57. The van der Waals surface area contributed by atoms with Gasteiger partial charge in [0, 0.05) is 27.1 Å². The summed E-state index contributed by atoms with van der Waals surface area (Å²) in [4.78, 5) is 0. The van der Waals surface area contributed by atoms with Crippen LogP contribution in [0.2, 0.25) is 0 Å². The minimum absolute atomic E-state index is 0.479. The molecule has 0 amide bonds. The van der Waals surface area contributed by atoms with Crippen molar-refractivity contribution in [1.29, 1.82) is 0 Å². The highest BCUT2D eigenvalue weighted by molar-refractivity contribution is 5.23. The van der Waals surface area contributed by atoms with Gasteiger partial charge in [-0.1, -0.05) is 0 Å². The van der Waals surface area contributed by atoms with Gasteiger partial charge in [-0.2, -0.15) is 0 Å². The fraction of sp³-hybridized carbons (Fsp3) is 0.818. The number of nitrogens with one attached hydrogen (secondary N) is 1. The molecule has 0 saturated heterocycles. The molecule has 1 aromatic rings. The van der Waals surface area contributed by atoms with Gasteiger partial charge in [-0.15, -0.1) is 10.2 Å². The highest BCUT2D eigenvalue weighted by Gasteiger charge is 2.30. The largest absolute Gasteiger partial charge is 0.378 e. The van der Waals surface area contributed by atoms with E-state index in [4.69, 9.17) is 4.74 Å². The Kier molecular flexibility index (Phi) is 3.43. The van der Waals surface area contributed by atoms with Crippen LogP contribution in [0.3, 0.4) is 0 Å². The molecule has 1 fully saturated rings. The van der Waals surface area contributed by atoms with Crippen LogP contribution < -0.4 is 5.32 Å². The van der Waals surface area contributed by atoms with Crippen LogP contribution in [0.1, 0.15) is 25.6 Å². The highest BCUT2D eigenvalue weighted by atomic mass is 16.5. The fourth-order valence-corrected chi connectivity index (χ4v) is 2.23. The van der Waals surface area contributed by atoms with Crippen molar-refractivity contribution in [3.63, 3.8) is 0 Å². The van der Waals surface area contributed by atoms with E-state index in [1.807, 2.05) is 18.7 Å². The molecular formula is C11H20N4O. The van der Waals surface area contributed by atoms with Gasteiger partial charge in [0.25, 0.3) is 0 Å². The van der Waals surface area contributed by atoms with Crippen molar-refractivity contribution in [3.8, 4) is 0 Å². The molecule has 0 unspecified atom stereocenters. The van der Waals surface area contributed by atoms with Gasteiger partial charge >= 0.3 is 0 Å². The van der Waals surface area contributed by atoms with Gasteiger partial charge in [0.05, 0.1) is 6.10 Å². The highest BCUT2D eigenvalue weighted by Crippen LogP contribution is 2.32. The molecule has 90 valence electrons. The second-order valence-corrected chi connectivity index (χ2v) is 4.37. The van der Waals surface area contributed by atoms with Crippen molar-refractivity contribution in [2.24, 2.45) is 13.0 Å². The second-order valence-electron chi connectivity index (χ2n) is 4.37. The molecule has 2 rings (SSSR count). The maximum Gasteiger partial charge on any atom is 0.224 e. The Labute approximate surface area is 96.2 Å². The van der Waals surface area contributed by atoms with E-state index in [1.165, 1.54) is 0 Å². The molecule has 1 saturated carbocycles. The Morgan fingerprint density at radius 3 is 2.75 bits per heavy atom. The smallest absolute Gasteiger partial charge is 0.224 e. The lowest BCUT2D eigenvalue weighted by Gasteiger charge is -2.34. The molecule has 0 aromatic carbocycles. The van der Waals surface area contributed by atoms with E-state index in [2.05, 4.69) is 22.4 Å². The Morgan fingerprint density at radius 2 is 2.19 bits per heavy atom. The standard InChI is InChI=1S/C11H20N4O/c1-4-16-9-5-8(6-9)7-10-13-14-11(12-2)15(10)3/h8-9H,4-7H2,1-3H3,(H,12,14). The summed E-state index contributed by atoms with van der Waals surface area (Å²) >= 11 is 0. The molecule has 5 nitrogen and oxygen atoms in total. The zero-order valence-electron chi connectivity index (χ0n) is 10.2. The summed E-state index contributed by atoms with van der Waals surface area (Å²) < 4.78 is 7.57. The van der Waals surface area contributed by atoms with Crippen LogP contribution in [0.25, 0.3) is 0 Å². The molecule has 16 heavy (non-hydrogen) atoms. The van der Waals surface area contributed by atoms with Crippen molar-refractivity contribution < 1.29 is 4.74 Å². The number of ether oxygens (including phenoxy) is 1. The van der Waals surface area contributed by atoms with Gasteiger partial charge < -0.3 is 14.6 Å². The molecule has 1 aromatic heterocycles. The summed E-state index contributed by atoms with van der Waals surface area (Å²) in [5.74, 6) is 2.60. The van der Waals surface area contributed by atoms with Crippen LogP contribution in [-0.4, -0.2) is 34.5 Å². The Balaban J connectivity index is 1.84. The predicted molar refractivity (Wildman–Crippen MR) is 62.4 cm³/mol. The predicted octanol–water partition coefficient (Wildman–Crippen LogP) is 1.21. The third-order valence-electron chi connectivity index (χ3n) is 3.25. The first-order valence-electron chi connectivity index (χ1n) is 5.92. The van der Waals surface area contributed by atoms with E-state index in [0.717, 1.165) is 37.6 Å². The molecule has 1 aliphatic rings. The molecule has 0 radical (unpaired) electrons. The first-order valence-corrected chi connectivity index (χ1v) is 5.92. The number of rotatable bonds is 5. The number of anilines is 1. The minimum atomic E-state index is 0.479. The van der Waals surface area contributed by atoms with Gasteiger partial charge in [0.1, 0.15) is 5.82 Å². The molecule has 1 N–H and O–H groups in total. The third kappa shape index (κ3) is 2.19. The van der Waals surface area contributed by atoms with Crippen molar-refractivity contribution in [1.82, 2.24) is 14.8 Å². The second kappa shape index (κ2) is 4.82. The zero-order chi connectivity index (χ0) is 11.5. The summed E-state index contributed by atoms with van der Waals surface area (Å²) in [5.41, 5.74) is 0. The summed E-state index contributed by atoms with van der Waals surface area (Å²) in [7, 11) is 3.86. The topological polar surface area (TPSA) is 52.0 Å². The average molecular weight is 224 g/mol. The lowest BCUT2D eigenvalue weighted by Crippen LogP contribution is -2.33. The lowest BCUT2D eigenvalue weighted by atomic mass is 9.80. The van der Waals surface area contributed by atoms with Crippen molar-refractivity contribution in [3.05, 3.63) is 5.82 Å². The van der Waals surface area contributed by atoms with Crippen LogP contribution in [0.15, 0.2) is 0 Å². The normalized spacial score (nSPS) is 24.2.